The van der Waals surface area contributed by atoms with Crippen LogP contribution in [0.15, 0.2) is 66.5 Å². The van der Waals surface area contributed by atoms with Crippen molar-refractivity contribution in [2.24, 2.45) is 0 Å². The Bertz CT molecular complexity index is 1180. The number of carbonyl (C=O) groups excluding carboxylic acids is 1. The number of amides is 1. The molecular formula is C22H20N4O5. The zero-order chi connectivity index (χ0) is 22.0. The number of aliphatic carboxylic acids is 1. The smallest absolute Gasteiger partial charge is 0.352 e. The summed E-state index contributed by atoms with van der Waals surface area (Å²) in [7, 11) is 3.08. The molecule has 0 aliphatic carbocycles. The van der Waals surface area contributed by atoms with E-state index in [1.54, 1.807) is 42.1 Å². The number of nitrogens with zero attached hydrogens (tertiary/aromatic N) is 2. The van der Waals surface area contributed by atoms with Gasteiger partial charge in [-0.25, -0.2) is 9.48 Å². The average molecular weight is 420 g/mol. The zero-order valence-corrected chi connectivity index (χ0v) is 16.8. The number of anilines is 2. The molecule has 1 aliphatic heterocycles. The summed E-state index contributed by atoms with van der Waals surface area (Å²) < 4.78 is 12.2. The first kappa shape index (κ1) is 20.0. The van der Waals surface area contributed by atoms with Crippen molar-refractivity contribution in [2.45, 2.75) is 6.04 Å². The third-order valence-corrected chi connectivity index (χ3v) is 4.90. The summed E-state index contributed by atoms with van der Waals surface area (Å²) >= 11 is 0. The van der Waals surface area contributed by atoms with E-state index < -0.39 is 17.9 Å². The van der Waals surface area contributed by atoms with Gasteiger partial charge in [0.1, 0.15) is 34.6 Å². The van der Waals surface area contributed by atoms with Gasteiger partial charge in [0, 0.05) is 17.3 Å². The number of hydrogen-bond donors (Lipinski definition) is 3. The first-order chi connectivity index (χ1) is 15.0. The summed E-state index contributed by atoms with van der Waals surface area (Å²) in [6.07, 6.45) is 2.93. The highest BCUT2D eigenvalue weighted by atomic mass is 16.5. The minimum absolute atomic E-state index is 0.0562. The van der Waals surface area contributed by atoms with Gasteiger partial charge >= 0.3 is 5.97 Å². The maximum atomic E-state index is 13.0. The molecule has 9 heteroatoms. The van der Waals surface area contributed by atoms with Crippen LogP contribution in [0.5, 0.6) is 11.5 Å². The lowest BCUT2D eigenvalue weighted by atomic mass is 10.0. The van der Waals surface area contributed by atoms with Crippen molar-refractivity contribution in [2.75, 3.05) is 24.9 Å². The van der Waals surface area contributed by atoms with Crippen molar-refractivity contribution in [3.8, 4) is 11.5 Å². The van der Waals surface area contributed by atoms with Crippen molar-refractivity contribution < 1.29 is 24.2 Å². The molecule has 158 valence electrons. The first-order valence-corrected chi connectivity index (χ1v) is 9.39. The largest absolute Gasteiger partial charge is 0.497 e. The Balaban J connectivity index is 1.73. The van der Waals surface area contributed by atoms with E-state index >= 15 is 0 Å². The second-order valence-corrected chi connectivity index (χ2v) is 6.73. The van der Waals surface area contributed by atoms with E-state index in [-0.39, 0.29) is 17.1 Å². The maximum Gasteiger partial charge on any atom is 0.352 e. The summed E-state index contributed by atoms with van der Waals surface area (Å²) in [5.74, 6) is -0.130. The Morgan fingerprint density at radius 1 is 1.13 bits per heavy atom. The molecule has 0 saturated heterocycles. The molecule has 4 rings (SSSR count). The number of aromatic nitrogens is 2. The average Bonchev–Trinajstić information content (AvgIpc) is 3.22. The Morgan fingerprint density at radius 3 is 2.68 bits per heavy atom. The first-order valence-electron chi connectivity index (χ1n) is 9.39. The zero-order valence-electron chi connectivity index (χ0n) is 16.8. The number of benzene rings is 2. The SMILES string of the molecule is COc1cccc(NC(=O)c2cnn3c2NC(C(=O)O)=CC3c2ccccc2OC)c1. The number of carboxylic acids is 1. The molecule has 0 fully saturated rings. The quantitative estimate of drug-likeness (QED) is 0.561. The van der Waals surface area contributed by atoms with Crippen LogP contribution in [0.25, 0.3) is 0 Å². The maximum absolute atomic E-state index is 13.0. The van der Waals surface area contributed by atoms with Gasteiger partial charge in [-0.2, -0.15) is 5.10 Å². The van der Waals surface area contributed by atoms with Crippen molar-refractivity contribution in [1.82, 2.24) is 9.78 Å². The lowest BCUT2D eigenvalue weighted by molar-refractivity contribution is -0.132. The standard InChI is InChI=1S/C22H20N4O5/c1-30-14-7-5-6-13(10-14)24-21(27)16-12-23-26-18(11-17(22(28)29)25-20(16)26)15-8-3-4-9-19(15)31-2/h3-12,18,25H,1-2H3,(H,24,27)(H,28,29). The molecule has 0 radical (unpaired) electrons. The normalized spacial score (nSPS) is 14.6. The highest BCUT2D eigenvalue weighted by Crippen LogP contribution is 2.36. The summed E-state index contributed by atoms with van der Waals surface area (Å²) in [6, 6.07) is 13.6. The second kappa shape index (κ2) is 8.23. The fraction of sp³-hybridized carbons (Fsp3) is 0.136. The van der Waals surface area contributed by atoms with Gasteiger partial charge < -0.3 is 25.2 Å². The van der Waals surface area contributed by atoms with Crippen LogP contribution < -0.4 is 20.1 Å². The van der Waals surface area contributed by atoms with Gasteiger partial charge in [0.05, 0.1) is 20.4 Å². The molecule has 1 aliphatic rings. The predicted octanol–water partition coefficient (Wildman–Crippen LogP) is 3.14. The molecule has 0 saturated carbocycles. The van der Waals surface area contributed by atoms with E-state index in [1.807, 2.05) is 18.2 Å². The van der Waals surface area contributed by atoms with Gasteiger partial charge in [0.25, 0.3) is 5.91 Å². The van der Waals surface area contributed by atoms with Crippen LogP contribution >= 0.6 is 0 Å². The van der Waals surface area contributed by atoms with E-state index in [4.69, 9.17) is 9.47 Å². The highest BCUT2D eigenvalue weighted by Gasteiger charge is 2.30. The van der Waals surface area contributed by atoms with Gasteiger partial charge in [-0.1, -0.05) is 24.3 Å². The summed E-state index contributed by atoms with van der Waals surface area (Å²) in [6.45, 7) is 0. The fourth-order valence-corrected chi connectivity index (χ4v) is 3.42. The Hall–Kier alpha value is -4.27. The molecule has 1 unspecified atom stereocenters. The van der Waals surface area contributed by atoms with E-state index in [1.165, 1.54) is 19.4 Å². The minimum atomic E-state index is -1.15. The van der Waals surface area contributed by atoms with Gasteiger partial charge in [-0.05, 0) is 24.3 Å². The van der Waals surface area contributed by atoms with Crippen LogP contribution in [0.1, 0.15) is 22.0 Å². The molecule has 0 bridgehead atoms. The number of carbonyl (C=O) groups is 2. The van der Waals surface area contributed by atoms with Crippen LogP contribution in [0, 0.1) is 0 Å². The lowest BCUT2D eigenvalue weighted by Gasteiger charge is -2.25. The van der Waals surface area contributed by atoms with Crippen LogP contribution in [0.4, 0.5) is 11.5 Å². The van der Waals surface area contributed by atoms with Gasteiger partial charge in [-0.15, -0.1) is 0 Å². The van der Waals surface area contributed by atoms with Crippen molar-refractivity contribution in [3.63, 3.8) is 0 Å². The molecule has 2 heterocycles. The molecule has 1 atom stereocenters. The van der Waals surface area contributed by atoms with E-state index in [9.17, 15) is 14.7 Å². The summed E-state index contributed by atoms with van der Waals surface area (Å²) in [4.78, 5) is 24.7. The molecule has 1 amide bonds. The minimum Gasteiger partial charge on any atom is -0.497 e. The number of rotatable bonds is 6. The molecule has 31 heavy (non-hydrogen) atoms. The van der Waals surface area contributed by atoms with Crippen LogP contribution in [-0.4, -0.2) is 41.0 Å². The molecule has 3 aromatic rings. The lowest BCUT2D eigenvalue weighted by Crippen LogP contribution is -2.26. The van der Waals surface area contributed by atoms with Crippen molar-refractivity contribution in [3.05, 3.63) is 77.6 Å². The summed E-state index contributed by atoms with van der Waals surface area (Å²) in [5, 5.41) is 19.6. The second-order valence-electron chi connectivity index (χ2n) is 6.73. The van der Waals surface area contributed by atoms with Crippen molar-refractivity contribution >= 4 is 23.4 Å². The Morgan fingerprint density at radius 2 is 1.94 bits per heavy atom. The predicted molar refractivity (Wildman–Crippen MR) is 114 cm³/mol. The number of methoxy groups -OCH3 is 2. The van der Waals surface area contributed by atoms with Crippen molar-refractivity contribution in [1.29, 1.82) is 0 Å². The number of para-hydroxylation sites is 1. The van der Waals surface area contributed by atoms with Gasteiger partial charge in [-0.3, -0.25) is 4.79 Å². The van der Waals surface area contributed by atoms with Gasteiger partial charge in [0.2, 0.25) is 0 Å². The molecule has 3 N–H and O–H groups in total. The van der Waals surface area contributed by atoms with Crippen LogP contribution in [0.3, 0.4) is 0 Å². The fourth-order valence-electron chi connectivity index (χ4n) is 3.42. The number of carboxylic acid groups (broad SMARTS) is 1. The third-order valence-electron chi connectivity index (χ3n) is 4.90. The summed E-state index contributed by atoms with van der Waals surface area (Å²) in [5.41, 5.74) is 1.40. The molecule has 1 aromatic heterocycles. The Labute approximate surface area is 177 Å². The van der Waals surface area contributed by atoms with E-state index in [0.717, 1.165) is 0 Å². The van der Waals surface area contributed by atoms with Crippen LogP contribution in [0.2, 0.25) is 0 Å². The Kier molecular flexibility index (Phi) is 5.31. The topological polar surface area (TPSA) is 115 Å². The monoisotopic (exact) mass is 420 g/mol. The molecule has 9 nitrogen and oxygen atoms in total. The number of nitrogens with one attached hydrogen (secondary N) is 2. The number of ether oxygens (including phenoxy) is 2. The van der Waals surface area contributed by atoms with E-state index in [0.29, 0.717) is 22.7 Å². The number of hydrogen-bond acceptors (Lipinski definition) is 6. The number of allylic oxidation sites excluding steroid dienone is 1. The van der Waals surface area contributed by atoms with Gasteiger partial charge in [0.15, 0.2) is 0 Å². The molecule has 2 aromatic carbocycles. The highest BCUT2D eigenvalue weighted by molar-refractivity contribution is 6.08. The molecular weight excluding hydrogens is 400 g/mol. The third kappa shape index (κ3) is 3.80. The number of fused-ring (bicyclic) bond motifs is 1. The van der Waals surface area contributed by atoms with E-state index in [2.05, 4.69) is 15.7 Å². The molecule has 0 spiro atoms. The van der Waals surface area contributed by atoms with Crippen LogP contribution in [-0.2, 0) is 4.79 Å².